The highest BCUT2D eigenvalue weighted by molar-refractivity contribution is 7.99. The van der Waals surface area contributed by atoms with Crippen LogP contribution in [0, 0.1) is 6.92 Å². The lowest BCUT2D eigenvalue weighted by Gasteiger charge is -2.02. The number of nitrogen functional groups attached to an aromatic ring is 1. The molecule has 2 rings (SSSR count). The first-order valence-corrected chi connectivity index (χ1v) is 5.25. The maximum Gasteiger partial charge on any atom is 0.221 e. The molecular weight excluding hydrogens is 208 g/mol. The van der Waals surface area contributed by atoms with Crippen LogP contribution in [0.3, 0.4) is 0 Å². The highest BCUT2D eigenvalue weighted by Gasteiger charge is 2.01. The Hall–Kier alpha value is -1.62. The molecule has 2 N–H and O–H groups in total. The van der Waals surface area contributed by atoms with Crippen molar-refractivity contribution in [2.24, 2.45) is 0 Å². The molecule has 0 amide bonds. The molecule has 0 aliphatic carbocycles. The van der Waals surface area contributed by atoms with E-state index in [9.17, 15) is 0 Å². The molecule has 2 aromatic heterocycles. The average molecular weight is 218 g/mol. The summed E-state index contributed by atoms with van der Waals surface area (Å²) in [4.78, 5) is 13.2. The van der Waals surface area contributed by atoms with Gasteiger partial charge < -0.3 is 5.73 Å². The first-order chi connectivity index (χ1) is 7.24. The molecule has 0 aromatic carbocycles. The van der Waals surface area contributed by atoms with E-state index in [1.807, 2.05) is 25.1 Å². The van der Waals surface area contributed by atoms with Crippen LogP contribution in [0.5, 0.6) is 0 Å². The van der Waals surface area contributed by atoms with Gasteiger partial charge in [-0.25, -0.2) is 9.97 Å². The topological polar surface area (TPSA) is 64.7 Å². The fourth-order valence-corrected chi connectivity index (χ4v) is 2.01. The van der Waals surface area contributed by atoms with Crippen molar-refractivity contribution in [1.29, 1.82) is 0 Å². The molecule has 2 aromatic rings. The number of pyridine rings is 1. The second-order valence-corrected chi connectivity index (χ2v) is 4.08. The summed E-state index contributed by atoms with van der Waals surface area (Å²) in [7, 11) is 0. The smallest absolute Gasteiger partial charge is 0.221 e. The summed E-state index contributed by atoms with van der Waals surface area (Å²) in [6, 6.07) is 5.76. The molecule has 0 spiro atoms. The lowest BCUT2D eigenvalue weighted by molar-refractivity contribution is 1.02. The van der Waals surface area contributed by atoms with Gasteiger partial charge in [0.15, 0.2) is 0 Å². The SMILES string of the molecule is Cc1cc(Sc2ccncc2)nc(N)n1. The summed E-state index contributed by atoms with van der Waals surface area (Å²) < 4.78 is 0. The van der Waals surface area contributed by atoms with E-state index in [-0.39, 0.29) is 0 Å². The molecule has 0 fully saturated rings. The van der Waals surface area contributed by atoms with Gasteiger partial charge in [-0.1, -0.05) is 11.8 Å². The molecule has 0 atom stereocenters. The lowest BCUT2D eigenvalue weighted by atomic mass is 10.5. The minimum absolute atomic E-state index is 0.312. The van der Waals surface area contributed by atoms with Crippen LogP contribution >= 0.6 is 11.8 Å². The Labute approximate surface area is 92.0 Å². The van der Waals surface area contributed by atoms with Crippen LogP contribution in [-0.4, -0.2) is 15.0 Å². The number of aryl methyl sites for hydroxylation is 1. The molecule has 4 nitrogen and oxygen atoms in total. The summed E-state index contributed by atoms with van der Waals surface area (Å²) in [5.41, 5.74) is 6.44. The lowest BCUT2D eigenvalue weighted by Crippen LogP contribution is -1.97. The van der Waals surface area contributed by atoms with Gasteiger partial charge in [0, 0.05) is 23.0 Å². The summed E-state index contributed by atoms with van der Waals surface area (Å²) in [6.45, 7) is 1.90. The first-order valence-electron chi connectivity index (χ1n) is 4.43. The second-order valence-electron chi connectivity index (χ2n) is 2.99. The number of aromatic nitrogens is 3. The zero-order valence-electron chi connectivity index (χ0n) is 8.21. The number of hydrogen-bond donors (Lipinski definition) is 1. The highest BCUT2D eigenvalue weighted by atomic mass is 32.2. The van der Waals surface area contributed by atoms with Crippen LogP contribution < -0.4 is 5.73 Å². The summed E-state index contributed by atoms with van der Waals surface area (Å²) in [5, 5.41) is 0.853. The maximum absolute atomic E-state index is 5.57. The molecule has 0 bridgehead atoms. The van der Waals surface area contributed by atoms with E-state index in [4.69, 9.17) is 5.73 Å². The molecule has 15 heavy (non-hydrogen) atoms. The number of rotatable bonds is 2. The third-order valence-corrected chi connectivity index (χ3v) is 2.65. The first kappa shape index (κ1) is 9.92. The summed E-state index contributed by atoms with van der Waals surface area (Å²) in [5.74, 6) is 0.312. The van der Waals surface area contributed by atoms with Crippen molar-refractivity contribution >= 4 is 17.7 Å². The van der Waals surface area contributed by atoms with Crippen LogP contribution in [-0.2, 0) is 0 Å². The fourth-order valence-electron chi connectivity index (χ4n) is 1.14. The molecular formula is C10H10N4S. The van der Waals surface area contributed by atoms with E-state index >= 15 is 0 Å². The van der Waals surface area contributed by atoms with Crippen LogP contribution in [0.4, 0.5) is 5.95 Å². The Morgan fingerprint density at radius 1 is 1.20 bits per heavy atom. The second kappa shape index (κ2) is 4.27. The van der Waals surface area contributed by atoms with Crippen LogP contribution in [0.15, 0.2) is 40.5 Å². The van der Waals surface area contributed by atoms with Gasteiger partial charge in [-0.05, 0) is 25.1 Å². The predicted octanol–water partition coefficient (Wildman–Crippen LogP) is 1.91. The average Bonchev–Trinajstić information content (AvgIpc) is 2.17. The third-order valence-electron chi connectivity index (χ3n) is 1.72. The van der Waals surface area contributed by atoms with Gasteiger partial charge >= 0.3 is 0 Å². The minimum Gasteiger partial charge on any atom is -0.368 e. The number of nitrogens with zero attached hydrogens (tertiary/aromatic N) is 3. The zero-order chi connectivity index (χ0) is 10.7. The fraction of sp³-hybridized carbons (Fsp3) is 0.100. The molecule has 0 aliphatic heterocycles. The van der Waals surface area contributed by atoms with Crippen molar-refractivity contribution in [1.82, 2.24) is 15.0 Å². The largest absolute Gasteiger partial charge is 0.368 e. The van der Waals surface area contributed by atoms with Gasteiger partial charge in [-0.15, -0.1) is 0 Å². The van der Waals surface area contributed by atoms with Gasteiger partial charge in [0.25, 0.3) is 0 Å². The molecule has 0 aliphatic rings. The molecule has 76 valence electrons. The van der Waals surface area contributed by atoms with Crippen molar-refractivity contribution in [3.63, 3.8) is 0 Å². The van der Waals surface area contributed by atoms with E-state index in [2.05, 4.69) is 15.0 Å². The Kier molecular flexibility index (Phi) is 2.82. The van der Waals surface area contributed by atoms with Gasteiger partial charge in [0.2, 0.25) is 5.95 Å². The van der Waals surface area contributed by atoms with Crippen LogP contribution in [0.2, 0.25) is 0 Å². The van der Waals surface area contributed by atoms with Gasteiger partial charge in [-0.2, -0.15) is 0 Å². The molecule has 0 saturated carbocycles. The minimum atomic E-state index is 0.312. The van der Waals surface area contributed by atoms with Crippen molar-refractivity contribution in [2.75, 3.05) is 5.73 Å². The Balaban J connectivity index is 2.25. The predicted molar refractivity (Wildman–Crippen MR) is 59.5 cm³/mol. The van der Waals surface area contributed by atoms with Gasteiger partial charge in [-0.3, -0.25) is 4.98 Å². The molecule has 0 radical (unpaired) electrons. The van der Waals surface area contributed by atoms with E-state index in [0.29, 0.717) is 5.95 Å². The molecule has 5 heteroatoms. The van der Waals surface area contributed by atoms with E-state index in [1.165, 1.54) is 0 Å². The quantitative estimate of drug-likeness (QED) is 0.780. The molecule has 0 unspecified atom stereocenters. The molecule has 0 saturated heterocycles. The zero-order valence-corrected chi connectivity index (χ0v) is 9.03. The monoisotopic (exact) mass is 218 g/mol. The van der Waals surface area contributed by atoms with E-state index in [1.54, 1.807) is 24.2 Å². The van der Waals surface area contributed by atoms with Crippen molar-refractivity contribution in [2.45, 2.75) is 16.8 Å². The number of nitrogens with two attached hydrogens (primary N) is 1. The Morgan fingerprint density at radius 2 is 1.93 bits per heavy atom. The maximum atomic E-state index is 5.57. The Bertz CT molecular complexity index is 438. The highest BCUT2D eigenvalue weighted by Crippen LogP contribution is 2.25. The standard InChI is InChI=1S/C10H10N4S/c1-7-6-9(14-10(11)13-7)15-8-2-4-12-5-3-8/h2-6H,1H3,(H2,11,13,14). The van der Waals surface area contributed by atoms with Crippen LogP contribution in [0.25, 0.3) is 0 Å². The third kappa shape index (κ3) is 2.66. The van der Waals surface area contributed by atoms with Gasteiger partial charge in [0.05, 0.1) is 0 Å². The summed E-state index contributed by atoms with van der Waals surface area (Å²) in [6.07, 6.45) is 3.50. The van der Waals surface area contributed by atoms with Crippen LogP contribution in [0.1, 0.15) is 5.69 Å². The van der Waals surface area contributed by atoms with E-state index in [0.717, 1.165) is 15.6 Å². The van der Waals surface area contributed by atoms with Crippen molar-refractivity contribution in [3.05, 3.63) is 36.3 Å². The number of anilines is 1. The van der Waals surface area contributed by atoms with Crippen molar-refractivity contribution < 1.29 is 0 Å². The summed E-state index contributed by atoms with van der Waals surface area (Å²) >= 11 is 1.54. The number of hydrogen-bond acceptors (Lipinski definition) is 5. The van der Waals surface area contributed by atoms with Gasteiger partial charge in [0.1, 0.15) is 5.03 Å². The Morgan fingerprint density at radius 3 is 2.60 bits per heavy atom. The normalized spacial score (nSPS) is 10.2. The van der Waals surface area contributed by atoms with Crippen molar-refractivity contribution in [3.8, 4) is 0 Å². The molecule has 2 heterocycles. The van der Waals surface area contributed by atoms with E-state index < -0.39 is 0 Å².